The molecule has 0 atom stereocenters. The van der Waals surface area contributed by atoms with E-state index in [1.807, 2.05) is 24.3 Å². The molecule has 0 N–H and O–H groups in total. The molecule has 0 spiro atoms. The number of aromatic nitrogens is 2. The lowest BCUT2D eigenvalue weighted by Gasteiger charge is -2.16. The van der Waals surface area contributed by atoms with Gasteiger partial charge in [-0.3, -0.25) is 4.79 Å². The van der Waals surface area contributed by atoms with Gasteiger partial charge >= 0.3 is 0 Å². The first-order valence-electron chi connectivity index (χ1n) is 5.06. The van der Waals surface area contributed by atoms with Crippen molar-refractivity contribution in [1.82, 2.24) is 15.1 Å². The van der Waals surface area contributed by atoms with Gasteiger partial charge in [-0.05, 0) is 23.2 Å². The highest BCUT2D eigenvalue weighted by Crippen LogP contribution is 2.20. The molecule has 94 valence electrons. The molecule has 2 aromatic rings. The molecule has 0 fully saturated rings. The topological polar surface area (TPSA) is 46.1 Å². The molecule has 0 aliphatic rings. The van der Waals surface area contributed by atoms with Crippen molar-refractivity contribution in [1.29, 1.82) is 0 Å². The summed E-state index contributed by atoms with van der Waals surface area (Å²) in [7, 11) is 1.72. The number of carbonyl (C=O) groups is 1. The number of nitrogens with zero attached hydrogens (tertiary/aromatic N) is 3. The average molecular weight is 347 g/mol. The van der Waals surface area contributed by atoms with E-state index >= 15 is 0 Å². The molecule has 0 aliphatic heterocycles. The Balaban J connectivity index is 2.11. The molecule has 0 saturated heterocycles. The van der Waals surface area contributed by atoms with Gasteiger partial charge in [-0.15, -0.1) is 10.2 Å². The van der Waals surface area contributed by atoms with E-state index in [1.165, 1.54) is 0 Å². The molecule has 0 aliphatic carbocycles. The van der Waals surface area contributed by atoms with Crippen LogP contribution in [0.4, 0.5) is 0 Å². The molecule has 0 radical (unpaired) electrons. The molecule has 18 heavy (non-hydrogen) atoms. The number of hydrogen-bond acceptors (Lipinski definition) is 4. The monoisotopic (exact) mass is 345 g/mol. The fourth-order valence-electron chi connectivity index (χ4n) is 1.41. The van der Waals surface area contributed by atoms with Gasteiger partial charge in [-0.25, -0.2) is 0 Å². The zero-order chi connectivity index (χ0) is 13.1. The second kappa shape index (κ2) is 5.77. The zero-order valence-electron chi connectivity index (χ0n) is 9.43. The average Bonchev–Trinajstić information content (AvgIpc) is 2.78. The maximum atomic E-state index is 12.0. The Morgan fingerprint density at radius 2 is 2.17 bits per heavy atom. The number of amides is 1. The Kier molecular flexibility index (Phi) is 4.31. The maximum absolute atomic E-state index is 12.0. The Hall–Kier alpha value is -0.980. The Bertz CT molecular complexity index is 575. The summed E-state index contributed by atoms with van der Waals surface area (Å²) in [6.45, 7) is 0.497. The van der Waals surface area contributed by atoms with E-state index in [0.29, 0.717) is 11.6 Å². The summed E-state index contributed by atoms with van der Waals surface area (Å²) < 4.78 is 1.24. The van der Waals surface area contributed by atoms with Crippen LogP contribution in [0, 0.1) is 0 Å². The fraction of sp³-hybridized carbons (Fsp3) is 0.182. The molecule has 0 saturated carbocycles. The highest BCUT2D eigenvalue weighted by molar-refractivity contribution is 9.10. The molecule has 0 unspecified atom stereocenters. The summed E-state index contributed by atoms with van der Waals surface area (Å²) in [4.78, 5) is 13.6. The standard InChI is InChI=1S/C11H9BrClN3OS/c1-16(6-7-4-2-3-5-8(7)12)10(17)9-14-15-11(13)18-9/h2-5H,6H2,1H3. The van der Waals surface area contributed by atoms with Gasteiger partial charge in [0.1, 0.15) is 0 Å². The highest BCUT2D eigenvalue weighted by Gasteiger charge is 2.17. The third kappa shape index (κ3) is 3.07. The van der Waals surface area contributed by atoms with Crippen LogP contribution in [0.25, 0.3) is 0 Å². The molecule has 1 aromatic heterocycles. The van der Waals surface area contributed by atoms with E-state index in [4.69, 9.17) is 11.6 Å². The first-order chi connectivity index (χ1) is 8.58. The Morgan fingerprint density at radius 1 is 1.44 bits per heavy atom. The fourth-order valence-corrected chi connectivity index (χ4v) is 2.64. The van der Waals surface area contributed by atoms with Gasteiger partial charge in [0, 0.05) is 18.1 Å². The van der Waals surface area contributed by atoms with Gasteiger partial charge in [0.15, 0.2) is 0 Å². The first-order valence-corrected chi connectivity index (χ1v) is 7.04. The minimum Gasteiger partial charge on any atom is -0.335 e. The third-order valence-electron chi connectivity index (χ3n) is 2.30. The van der Waals surface area contributed by atoms with E-state index < -0.39 is 0 Å². The maximum Gasteiger partial charge on any atom is 0.284 e. The van der Waals surface area contributed by atoms with Crippen LogP contribution in [0.15, 0.2) is 28.7 Å². The normalized spacial score (nSPS) is 10.4. The number of carbonyl (C=O) groups excluding carboxylic acids is 1. The second-order valence-electron chi connectivity index (χ2n) is 3.61. The number of rotatable bonds is 3. The van der Waals surface area contributed by atoms with Crippen LogP contribution in [-0.2, 0) is 6.54 Å². The molecule has 1 heterocycles. The van der Waals surface area contributed by atoms with E-state index in [-0.39, 0.29) is 10.4 Å². The van der Waals surface area contributed by atoms with Gasteiger partial charge in [-0.2, -0.15) is 0 Å². The second-order valence-corrected chi connectivity index (χ2v) is 6.03. The summed E-state index contributed by atoms with van der Waals surface area (Å²) in [5, 5.41) is 7.66. The van der Waals surface area contributed by atoms with Crippen LogP contribution in [0.2, 0.25) is 4.47 Å². The lowest BCUT2D eigenvalue weighted by atomic mass is 10.2. The molecule has 1 aromatic carbocycles. The van der Waals surface area contributed by atoms with Crippen LogP contribution in [0.1, 0.15) is 15.4 Å². The SMILES string of the molecule is CN(Cc1ccccc1Br)C(=O)c1nnc(Cl)s1. The van der Waals surface area contributed by atoms with E-state index in [9.17, 15) is 4.79 Å². The predicted octanol–water partition coefficient (Wildman–Crippen LogP) is 3.23. The first kappa shape index (κ1) is 13.5. The lowest BCUT2D eigenvalue weighted by molar-refractivity contribution is 0.0783. The van der Waals surface area contributed by atoms with Crippen molar-refractivity contribution in [3.63, 3.8) is 0 Å². The van der Waals surface area contributed by atoms with Crippen molar-refractivity contribution in [2.75, 3.05) is 7.05 Å². The van der Waals surface area contributed by atoms with Gasteiger partial charge in [0.05, 0.1) is 0 Å². The summed E-state index contributed by atoms with van der Waals surface area (Å²) in [5.41, 5.74) is 1.03. The van der Waals surface area contributed by atoms with Gasteiger partial charge < -0.3 is 4.90 Å². The van der Waals surface area contributed by atoms with Crippen molar-refractivity contribution in [2.45, 2.75) is 6.54 Å². The molecule has 2 rings (SSSR count). The van der Waals surface area contributed by atoms with Crippen molar-refractivity contribution in [2.24, 2.45) is 0 Å². The smallest absolute Gasteiger partial charge is 0.284 e. The number of halogens is 2. The van der Waals surface area contributed by atoms with Crippen LogP contribution < -0.4 is 0 Å². The van der Waals surface area contributed by atoms with Crippen LogP contribution in [0.3, 0.4) is 0 Å². The third-order valence-corrected chi connectivity index (χ3v) is 4.08. The van der Waals surface area contributed by atoms with Crippen LogP contribution >= 0.6 is 38.9 Å². The van der Waals surface area contributed by atoms with E-state index in [1.54, 1.807) is 11.9 Å². The van der Waals surface area contributed by atoms with Crippen LogP contribution in [-0.4, -0.2) is 28.1 Å². The Morgan fingerprint density at radius 3 is 2.78 bits per heavy atom. The predicted molar refractivity (Wildman–Crippen MR) is 74.9 cm³/mol. The van der Waals surface area contributed by atoms with E-state index in [2.05, 4.69) is 26.1 Å². The van der Waals surface area contributed by atoms with Gasteiger partial charge in [-0.1, -0.05) is 45.5 Å². The number of hydrogen-bond donors (Lipinski definition) is 0. The molecule has 1 amide bonds. The summed E-state index contributed by atoms with van der Waals surface area (Å²) in [6.07, 6.45) is 0. The molecule has 7 heteroatoms. The number of benzene rings is 1. The summed E-state index contributed by atoms with van der Waals surface area (Å²) in [5.74, 6) is -0.185. The summed E-state index contributed by atoms with van der Waals surface area (Å²) >= 11 is 10.2. The van der Waals surface area contributed by atoms with Crippen molar-refractivity contribution in [3.8, 4) is 0 Å². The largest absolute Gasteiger partial charge is 0.335 e. The molecular weight excluding hydrogens is 338 g/mol. The van der Waals surface area contributed by atoms with E-state index in [0.717, 1.165) is 21.4 Å². The van der Waals surface area contributed by atoms with Crippen molar-refractivity contribution >= 4 is 44.8 Å². The quantitative estimate of drug-likeness (QED) is 0.857. The minimum absolute atomic E-state index is 0.185. The highest BCUT2D eigenvalue weighted by atomic mass is 79.9. The molecule has 0 bridgehead atoms. The Labute approximate surface area is 122 Å². The van der Waals surface area contributed by atoms with Crippen molar-refractivity contribution in [3.05, 3.63) is 43.8 Å². The summed E-state index contributed by atoms with van der Waals surface area (Å²) in [6, 6.07) is 7.76. The lowest BCUT2D eigenvalue weighted by Crippen LogP contribution is -2.26. The van der Waals surface area contributed by atoms with Crippen molar-refractivity contribution < 1.29 is 4.79 Å². The van der Waals surface area contributed by atoms with Gasteiger partial charge in [0.25, 0.3) is 5.91 Å². The van der Waals surface area contributed by atoms with Crippen LogP contribution in [0.5, 0.6) is 0 Å². The molecule has 4 nitrogen and oxygen atoms in total. The zero-order valence-corrected chi connectivity index (χ0v) is 12.6. The van der Waals surface area contributed by atoms with Gasteiger partial charge in [0.2, 0.25) is 9.47 Å². The molecular formula is C11H9BrClN3OS. The minimum atomic E-state index is -0.185.